The van der Waals surface area contributed by atoms with Gasteiger partial charge in [0, 0.05) is 30.7 Å². The van der Waals surface area contributed by atoms with Crippen molar-refractivity contribution in [2.45, 2.75) is 50.6 Å². The number of hydrogen-bond donors (Lipinski definition) is 0. The van der Waals surface area contributed by atoms with Gasteiger partial charge in [0.1, 0.15) is 6.04 Å². The number of hydrogen-bond acceptors (Lipinski definition) is 4. The van der Waals surface area contributed by atoms with Crippen molar-refractivity contribution < 1.29 is 4.79 Å². The number of anilines is 1. The summed E-state index contributed by atoms with van der Waals surface area (Å²) in [6.45, 7) is 1.98. The molecular formula is C15H21N3OS. The van der Waals surface area contributed by atoms with Crippen molar-refractivity contribution in [1.29, 1.82) is 0 Å². The van der Waals surface area contributed by atoms with Crippen LogP contribution in [0.25, 0.3) is 0 Å². The minimum Gasteiger partial charge on any atom is -0.337 e. The van der Waals surface area contributed by atoms with Crippen LogP contribution < -0.4 is 4.90 Å². The van der Waals surface area contributed by atoms with Crippen molar-refractivity contribution in [2.24, 2.45) is 5.92 Å². The summed E-state index contributed by atoms with van der Waals surface area (Å²) in [6, 6.07) is 0.596. The highest BCUT2D eigenvalue weighted by Crippen LogP contribution is 2.39. The van der Waals surface area contributed by atoms with Crippen molar-refractivity contribution >= 4 is 22.4 Å². The Kier molecular flexibility index (Phi) is 3.17. The van der Waals surface area contributed by atoms with E-state index in [0.717, 1.165) is 37.0 Å². The minimum atomic E-state index is 0.0454. The van der Waals surface area contributed by atoms with Crippen LogP contribution in [0.3, 0.4) is 0 Å². The first-order valence-corrected chi connectivity index (χ1v) is 8.69. The predicted molar refractivity (Wildman–Crippen MR) is 79.9 cm³/mol. The van der Waals surface area contributed by atoms with Crippen LogP contribution in [-0.2, 0) is 4.79 Å². The molecule has 1 unspecified atom stereocenters. The lowest BCUT2D eigenvalue weighted by Gasteiger charge is -2.52. The molecule has 1 amide bonds. The first-order chi connectivity index (χ1) is 9.84. The molecule has 1 aliphatic carbocycles. The van der Waals surface area contributed by atoms with Crippen LogP contribution in [0, 0.1) is 5.92 Å². The standard InChI is InChI=1S/C15H21N3OS/c19-14(18-10-11-4-1-2-5-12(11)18)13-6-3-8-17(13)15-16-7-9-20-15/h7,9,11-13H,1-6,8,10H2/t11-,12-,13?/m0/s1. The second-order valence-corrected chi connectivity index (χ2v) is 7.14. The highest BCUT2D eigenvalue weighted by Gasteiger charge is 2.46. The molecule has 20 heavy (non-hydrogen) atoms. The maximum Gasteiger partial charge on any atom is 0.245 e. The molecule has 3 aliphatic rings. The molecule has 108 valence electrons. The Morgan fingerprint density at radius 2 is 2.15 bits per heavy atom. The van der Waals surface area contributed by atoms with Gasteiger partial charge in [-0.05, 0) is 31.6 Å². The Hall–Kier alpha value is -1.10. The molecule has 3 atom stereocenters. The molecular weight excluding hydrogens is 270 g/mol. The lowest BCUT2D eigenvalue weighted by atomic mass is 9.76. The van der Waals surface area contributed by atoms with Crippen LogP contribution in [-0.4, -0.2) is 41.0 Å². The summed E-state index contributed by atoms with van der Waals surface area (Å²) in [5, 5.41) is 3.01. The number of thiazole rings is 1. The second-order valence-electron chi connectivity index (χ2n) is 6.27. The van der Waals surface area contributed by atoms with Crippen molar-refractivity contribution in [3.63, 3.8) is 0 Å². The van der Waals surface area contributed by atoms with Gasteiger partial charge in [-0.15, -0.1) is 11.3 Å². The van der Waals surface area contributed by atoms with Gasteiger partial charge >= 0.3 is 0 Å². The third kappa shape index (κ3) is 1.94. The van der Waals surface area contributed by atoms with E-state index in [1.165, 1.54) is 25.7 Å². The van der Waals surface area contributed by atoms with Gasteiger partial charge < -0.3 is 9.80 Å². The fourth-order valence-electron chi connectivity index (χ4n) is 4.12. The van der Waals surface area contributed by atoms with E-state index in [1.54, 1.807) is 11.3 Å². The molecule has 1 aromatic rings. The topological polar surface area (TPSA) is 36.4 Å². The molecule has 4 rings (SSSR count). The molecule has 0 spiro atoms. The summed E-state index contributed by atoms with van der Waals surface area (Å²) in [6.07, 6.45) is 9.14. The van der Waals surface area contributed by atoms with Crippen molar-refractivity contribution in [1.82, 2.24) is 9.88 Å². The minimum absolute atomic E-state index is 0.0454. The number of amides is 1. The Morgan fingerprint density at radius 1 is 1.25 bits per heavy atom. The van der Waals surface area contributed by atoms with Crippen LogP contribution in [0.1, 0.15) is 38.5 Å². The summed E-state index contributed by atoms with van der Waals surface area (Å²) in [5.41, 5.74) is 0. The lowest BCUT2D eigenvalue weighted by molar-refractivity contribution is -0.147. The smallest absolute Gasteiger partial charge is 0.245 e. The lowest BCUT2D eigenvalue weighted by Crippen LogP contribution is -2.63. The summed E-state index contributed by atoms with van der Waals surface area (Å²) < 4.78 is 0. The van der Waals surface area contributed by atoms with E-state index in [4.69, 9.17) is 0 Å². The van der Waals surface area contributed by atoms with Gasteiger partial charge in [0.15, 0.2) is 5.13 Å². The van der Waals surface area contributed by atoms with Gasteiger partial charge in [0.25, 0.3) is 0 Å². The predicted octanol–water partition coefficient (Wildman–Crippen LogP) is 2.51. The summed E-state index contributed by atoms with van der Waals surface area (Å²) in [7, 11) is 0. The van der Waals surface area contributed by atoms with Gasteiger partial charge in [0.2, 0.25) is 5.91 Å². The average Bonchev–Trinajstić information content (AvgIpc) is 3.10. The Bertz CT molecular complexity index is 489. The molecule has 0 aromatic carbocycles. The first kappa shape index (κ1) is 12.6. The number of fused-ring (bicyclic) bond motifs is 1. The monoisotopic (exact) mass is 291 g/mol. The van der Waals surface area contributed by atoms with E-state index in [9.17, 15) is 4.79 Å². The van der Waals surface area contributed by atoms with Crippen LogP contribution in [0.2, 0.25) is 0 Å². The number of rotatable bonds is 2. The number of carbonyl (C=O) groups is 1. The molecule has 2 aliphatic heterocycles. The molecule has 2 saturated heterocycles. The number of nitrogens with zero attached hydrogens (tertiary/aromatic N) is 3. The van der Waals surface area contributed by atoms with E-state index >= 15 is 0 Å². The van der Waals surface area contributed by atoms with Crippen LogP contribution in [0.4, 0.5) is 5.13 Å². The van der Waals surface area contributed by atoms with Crippen molar-refractivity contribution in [2.75, 3.05) is 18.0 Å². The molecule has 3 heterocycles. The largest absolute Gasteiger partial charge is 0.337 e. The summed E-state index contributed by atoms with van der Waals surface area (Å²) >= 11 is 1.65. The molecule has 1 aromatic heterocycles. The number of carbonyl (C=O) groups excluding carboxylic acids is 1. The van der Waals surface area contributed by atoms with Gasteiger partial charge in [-0.2, -0.15) is 0 Å². The fraction of sp³-hybridized carbons (Fsp3) is 0.733. The fourth-order valence-corrected chi connectivity index (χ4v) is 4.84. The summed E-state index contributed by atoms with van der Waals surface area (Å²) in [5.74, 6) is 1.16. The van der Waals surface area contributed by atoms with Gasteiger partial charge in [-0.25, -0.2) is 4.98 Å². The quantitative estimate of drug-likeness (QED) is 0.840. The van der Waals surface area contributed by atoms with Crippen LogP contribution in [0.5, 0.6) is 0 Å². The highest BCUT2D eigenvalue weighted by atomic mass is 32.1. The zero-order valence-corrected chi connectivity index (χ0v) is 12.5. The normalized spacial score (nSPS) is 32.9. The second kappa shape index (κ2) is 5.02. The third-order valence-corrected chi connectivity index (χ3v) is 5.99. The van der Waals surface area contributed by atoms with Crippen molar-refractivity contribution in [3.05, 3.63) is 11.6 Å². The Balaban J connectivity index is 1.48. The zero-order valence-electron chi connectivity index (χ0n) is 11.7. The van der Waals surface area contributed by atoms with Crippen molar-refractivity contribution in [3.8, 4) is 0 Å². The van der Waals surface area contributed by atoms with E-state index in [-0.39, 0.29) is 6.04 Å². The molecule has 5 heteroatoms. The van der Waals surface area contributed by atoms with E-state index in [1.807, 2.05) is 11.6 Å². The molecule has 4 nitrogen and oxygen atoms in total. The Morgan fingerprint density at radius 3 is 2.95 bits per heavy atom. The number of aromatic nitrogens is 1. The van der Waals surface area contributed by atoms with Crippen LogP contribution >= 0.6 is 11.3 Å². The SMILES string of the molecule is O=C(C1CCCN1c1nccs1)N1C[C@@H]2CCCC[C@@H]21. The highest BCUT2D eigenvalue weighted by molar-refractivity contribution is 7.13. The van der Waals surface area contributed by atoms with Gasteiger partial charge in [-0.1, -0.05) is 12.8 Å². The average molecular weight is 291 g/mol. The van der Waals surface area contributed by atoms with Crippen LogP contribution in [0.15, 0.2) is 11.6 Å². The molecule has 0 bridgehead atoms. The molecule has 0 N–H and O–H groups in total. The van der Waals surface area contributed by atoms with E-state index in [0.29, 0.717) is 11.9 Å². The Labute approximate surface area is 123 Å². The molecule has 3 fully saturated rings. The molecule has 0 radical (unpaired) electrons. The molecule has 1 saturated carbocycles. The first-order valence-electron chi connectivity index (χ1n) is 7.81. The van der Waals surface area contributed by atoms with E-state index in [2.05, 4.69) is 14.8 Å². The third-order valence-electron chi connectivity index (χ3n) is 5.19. The van der Waals surface area contributed by atoms with Gasteiger partial charge in [0.05, 0.1) is 0 Å². The maximum atomic E-state index is 12.8. The van der Waals surface area contributed by atoms with Gasteiger partial charge in [-0.3, -0.25) is 4.79 Å². The van der Waals surface area contributed by atoms with E-state index < -0.39 is 0 Å². The summed E-state index contributed by atoms with van der Waals surface area (Å²) in [4.78, 5) is 21.6. The number of likely N-dealkylation sites (tertiary alicyclic amines) is 1. The maximum absolute atomic E-state index is 12.8. The zero-order chi connectivity index (χ0) is 13.5.